The number of halogens is 3. The van der Waals surface area contributed by atoms with Gasteiger partial charge in [-0.3, -0.25) is 4.57 Å². The van der Waals surface area contributed by atoms with Gasteiger partial charge in [0.2, 0.25) is 9.84 Å². The van der Waals surface area contributed by atoms with Gasteiger partial charge in [-0.1, -0.05) is 11.6 Å². The average Bonchev–Trinajstić information content (AvgIpc) is 3.22. The van der Waals surface area contributed by atoms with Crippen molar-refractivity contribution in [2.75, 3.05) is 38.2 Å². The Morgan fingerprint density at radius 3 is 2.32 bits per heavy atom. The maximum atomic E-state index is 13.7. The topological polar surface area (TPSA) is 81.1 Å². The first-order valence-electron chi connectivity index (χ1n) is 11.6. The number of ether oxygens (including phenoxy) is 2. The third kappa shape index (κ3) is 5.47. The van der Waals surface area contributed by atoms with Crippen molar-refractivity contribution >= 4 is 44.1 Å². The number of hydrogen-bond donors (Lipinski definition) is 0. The van der Waals surface area contributed by atoms with E-state index in [-0.39, 0.29) is 25.7 Å². The van der Waals surface area contributed by atoms with E-state index in [1.165, 1.54) is 43.5 Å². The van der Waals surface area contributed by atoms with Crippen LogP contribution in [0.1, 0.15) is 27.3 Å². The summed E-state index contributed by atoms with van der Waals surface area (Å²) in [4.78, 5) is 15.6. The number of aromatic nitrogens is 1. The van der Waals surface area contributed by atoms with Crippen molar-refractivity contribution in [1.82, 2.24) is 9.47 Å². The molecule has 2 heterocycles. The van der Waals surface area contributed by atoms with E-state index < -0.39 is 28.1 Å². The first-order chi connectivity index (χ1) is 17.3. The second kappa shape index (κ2) is 10.0. The van der Waals surface area contributed by atoms with Gasteiger partial charge in [-0.05, 0) is 57.2 Å². The molecule has 8 nitrogen and oxygen atoms in total. The lowest BCUT2D eigenvalue weighted by Crippen LogP contribution is -2.50. The highest BCUT2D eigenvalue weighted by Crippen LogP contribution is 2.38. The number of anilines is 1. The predicted octanol–water partition coefficient (Wildman–Crippen LogP) is 5.59. The zero-order valence-corrected chi connectivity index (χ0v) is 22.4. The fourth-order valence-corrected chi connectivity index (χ4v) is 5.88. The minimum atomic E-state index is -4.21. The van der Waals surface area contributed by atoms with Crippen molar-refractivity contribution in [2.45, 2.75) is 42.7 Å². The molecule has 37 heavy (non-hydrogen) atoms. The highest BCUT2D eigenvalue weighted by Gasteiger charge is 2.30. The number of piperazine rings is 1. The normalized spacial score (nSPS) is 14.9. The Morgan fingerprint density at radius 2 is 1.73 bits per heavy atom. The van der Waals surface area contributed by atoms with Crippen molar-refractivity contribution in [3.63, 3.8) is 0 Å². The standard InChI is InChI=1S/C25H28ClF2N3O5S/c1-25(2,3)36-24(32)30-11-9-29(10-12-30)20-14-17(6-8-21(20)35-4)37(33,34)22-15-31(23(27)28)19-7-5-16(26)13-18(19)22/h5-8,13-15,23H,9-12H2,1-4H3. The van der Waals surface area contributed by atoms with Gasteiger partial charge in [0, 0.05) is 42.8 Å². The molecular weight excluding hydrogens is 528 g/mol. The first-order valence-corrected chi connectivity index (χ1v) is 13.4. The summed E-state index contributed by atoms with van der Waals surface area (Å²) in [6.07, 6.45) is 0.523. The van der Waals surface area contributed by atoms with E-state index in [2.05, 4.69) is 0 Å². The SMILES string of the molecule is COc1ccc(S(=O)(=O)c2cn(C(F)F)c3ccc(Cl)cc23)cc1N1CCN(C(=O)OC(C)(C)C)CC1. The Hall–Kier alpha value is -3.05. The molecule has 0 unspecified atom stereocenters. The zero-order chi connectivity index (χ0) is 27.1. The van der Waals surface area contributed by atoms with Crippen LogP contribution in [0.15, 0.2) is 52.4 Å². The summed E-state index contributed by atoms with van der Waals surface area (Å²) in [5, 5.41) is 0.338. The van der Waals surface area contributed by atoms with Crippen LogP contribution < -0.4 is 9.64 Å². The average molecular weight is 556 g/mol. The molecule has 0 bridgehead atoms. The molecular formula is C25H28ClF2N3O5S. The number of sulfone groups is 1. The van der Waals surface area contributed by atoms with E-state index in [0.29, 0.717) is 42.2 Å². The van der Waals surface area contributed by atoms with Gasteiger partial charge in [0.1, 0.15) is 11.4 Å². The number of methoxy groups -OCH3 is 1. The molecule has 0 spiro atoms. The third-order valence-corrected chi connectivity index (χ3v) is 8.01. The van der Waals surface area contributed by atoms with E-state index in [1.807, 2.05) is 4.90 Å². The van der Waals surface area contributed by atoms with Crippen LogP contribution in [0.4, 0.5) is 19.3 Å². The van der Waals surface area contributed by atoms with E-state index in [4.69, 9.17) is 21.1 Å². The first kappa shape index (κ1) is 27.0. The zero-order valence-electron chi connectivity index (χ0n) is 20.9. The van der Waals surface area contributed by atoms with Crippen LogP contribution in [0.3, 0.4) is 0 Å². The molecule has 1 amide bonds. The lowest BCUT2D eigenvalue weighted by atomic mass is 10.2. The number of fused-ring (bicyclic) bond motifs is 1. The smallest absolute Gasteiger partial charge is 0.410 e. The van der Waals surface area contributed by atoms with Crippen LogP contribution in [0.5, 0.6) is 5.75 Å². The molecule has 200 valence electrons. The number of nitrogens with zero attached hydrogens (tertiary/aromatic N) is 3. The van der Waals surface area contributed by atoms with Gasteiger partial charge in [0.15, 0.2) is 0 Å². The van der Waals surface area contributed by atoms with Crippen molar-refractivity contribution in [1.29, 1.82) is 0 Å². The molecule has 0 radical (unpaired) electrons. The molecule has 2 aromatic carbocycles. The molecule has 0 N–H and O–H groups in total. The number of rotatable bonds is 5. The summed E-state index contributed by atoms with van der Waals surface area (Å²) >= 11 is 6.06. The Kier molecular flexibility index (Phi) is 7.31. The van der Waals surface area contributed by atoms with Crippen molar-refractivity contribution < 1.29 is 31.5 Å². The van der Waals surface area contributed by atoms with E-state index in [1.54, 1.807) is 25.7 Å². The number of alkyl halides is 2. The third-order valence-electron chi connectivity index (χ3n) is 5.99. The van der Waals surface area contributed by atoms with Crippen molar-refractivity contribution in [3.05, 3.63) is 47.6 Å². The highest BCUT2D eigenvalue weighted by atomic mass is 35.5. The quantitative estimate of drug-likeness (QED) is 0.408. The molecule has 1 aliphatic heterocycles. The van der Waals surface area contributed by atoms with Gasteiger partial charge >= 0.3 is 12.6 Å². The second-order valence-electron chi connectivity index (χ2n) is 9.63. The fraction of sp³-hybridized carbons (Fsp3) is 0.400. The molecule has 1 aliphatic rings. The minimum Gasteiger partial charge on any atom is -0.495 e. The summed E-state index contributed by atoms with van der Waals surface area (Å²) < 4.78 is 66.2. The molecule has 3 aromatic rings. The van der Waals surface area contributed by atoms with Gasteiger partial charge in [0.25, 0.3) is 0 Å². The highest BCUT2D eigenvalue weighted by molar-refractivity contribution is 7.91. The minimum absolute atomic E-state index is 0.0602. The van der Waals surface area contributed by atoms with Gasteiger partial charge in [-0.15, -0.1) is 0 Å². The van der Waals surface area contributed by atoms with Gasteiger partial charge < -0.3 is 19.3 Å². The molecule has 1 fully saturated rings. The molecule has 12 heteroatoms. The number of amides is 1. The van der Waals surface area contributed by atoms with Crippen LogP contribution in [0.25, 0.3) is 10.9 Å². The summed E-state index contributed by atoms with van der Waals surface area (Å²) in [5.41, 5.74) is -0.0364. The Labute approximate surface area is 219 Å². The van der Waals surface area contributed by atoms with Crippen LogP contribution >= 0.6 is 11.6 Å². The largest absolute Gasteiger partial charge is 0.495 e. The number of benzene rings is 2. The molecule has 1 aromatic heterocycles. The molecule has 0 aliphatic carbocycles. The van der Waals surface area contributed by atoms with Crippen molar-refractivity contribution in [3.8, 4) is 5.75 Å². The van der Waals surface area contributed by atoms with Crippen LogP contribution in [0.2, 0.25) is 5.02 Å². The number of carbonyl (C=O) groups excluding carboxylic acids is 1. The Morgan fingerprint density at radius 1 is 1.05 bits per heavy atom. The fourth-order valence-electron chi connectivity index (χ4n) is 4.24. The predicted molar refractivity (Wildman–Crippen MR) is 137 cm³/mol. The van der Waals surface area contributed by atoms with Crippen LogP contribution in [0, 0.1) is 0 Å². The van der Waals surface area contributed by atoms with Gasteiger partial charge in [0.05, 0.1) is 28.1 Å². The van der Waals surface area contributed by atoms with Crippen molar-refractivity contribution in [2.24, 2.45) is 0 Å². The van der Waals surface area contributed by atoms with Gasteiger partial charge in [-0.25, -0.2) is 13.2 Å². The molecule has 0 saturated carbocycles. The summed E-state index contributed by atoms with van der Waals surface area (Å²) in [7, 11) is -2.73. The molecule has 0 atom stereocenters. The Bertz CT molecular complexity index is 1430. The maximum absolute atomic E-state index is 13.7. The van der Waals surface area contributed by atoms with Crippen LogP contribution in [-0.2, 0) is 14.6 Å². The lowest BCUT2D eigenvalue weighted by molar-refractivity contribution is 0.0240. The maximum Gasteiger partial charge on any atom is 0.410 e. The summed E-state index contributed by atoms with van der Waals surface area (Å²) in [5.74, 6) is 0.447. The lowest BCUT2D eigenvalue weighted by Gasteiger charge is -2.37. The summed E-state index contributed by atoms with van der Waals surface area (Å²) in [6, 6.07) is 8.54. The number of hydrogen-bond acceptors (Lipinski definition) is 6. The van der Waals surface area contributed by atoms with E-state index >= 15 is 0 Å². The molecule has 4 rings (SSSR count). The van der Waals surface area contributed by atoms with E-state index in [9.17, 15) is 22.0 Å². The number of carbonyl (C=O) groups is 1. The monoisotopic (exact) mass is 555 g/mol. The second-order valence-corrected chi connectivity index (χ2v) is 12.0. The van der Waals surface area contributed by atoms with Gasteiger partial charge in [-0.2, -0.15) is 8.78 Å². The summed E-state index contributed by atoms with van der Waals surface area (Å²) in [6.45, 7) is 4.03. The molecule has 1 saturated heterocycles. The van der Waals surface area contributed by atoms with Crippen LogP contribution in [-0.4, -0.2) is 62.9 Å². The Balaban J connectivity index is 1.67. The van der Waals surface area contributed by atoms with E-state index in [0.717, 1.165) is 6.20 Å².